The fourth-order valence-electron chi connectivity index (χ4n) is 2.38. The molecule has 0 aliphatic carbocycles. The Morgan fingerprint density at radius 3 is 2.68 bits per heavy atom. The molecule has 0 aliphatic heterocycles. The lowest BCUT2D eigenvalue weighted by Crippen LogP contribution is -2.03. The normalized spacial score (nSPS) is 11.1. The van der Waals surface area contributed by atoms with Crippen LogP contribution in [0.25, 0.3) is 16.7 Å². The quantitative estimate of drug-likeness (QED) is 0.730. The van der Waals surface area contributed by atoms with Crippen LogP contribution in [0.4, 0.5) is 5.95 Å². The average Bonchev–Trinajstić information content (AvgIpc) is 2.70. The molecule has 2 aromatic carbocycles. The summed E-state index contributed by atoms with van der Waals surface area (Å²) in [5.74, 6) is 0.481. The largest absolute Gasteiger partial charge is 0.369 e. The molecule has 19 heavy (non-hydrogen) atoms. The number of nitrogens with zero attached hydrogens (tertiary/aromatic N) is 2. The van der Waals surface area contributed by atoms with Crippen LogP contribution >= 0.6 is 11.6 Å². The molecule has 0 saturated carbocycles. The molecule has 0 spiro atoms. The van der Waals surface area contributed by atoms with E-state index in [1.54, 1.807) is 0 Å². The van der Waals surface area contributed by atoms with Gasteiger partial charge in [-0.2, -0.15) is 0 Å². The van der Waals surface area contributed by atoms with Crippen LogP contribution < -0.4 is 5.73 Å². The predicted molar refractivity (Wildman–Crippen MR) is 80.0 cm³/mol. The van der Waals surface area contributed by atoms with Gasteiger partial charge in [-0.15, -0.1) is 0 Å². The van der Waals surface area contributed by atoms with Crippen LogP contribution in [0.5, 0.6) is 0 Å². The van der Waals surface area contributed by atoms with Crippen LogP contribution in [0, 0.1) is 13.8 Å². The van der Waals surface area contributed by atoms with Crippen molar-refractivity contribution in [1.29, 1.82) is 0 Å². The number of hydrogen-bond donors (Lipinski definition) is 1. The molecule has 0 fully saturated rings. The van der Waals surface area contributed by atoms with Crippen molar-refractivity contribution in [1.82, 2.24) is 9.55 Å². The average molecular weight is 272 g/mol. The highest BCUT2D eigenvalue weighted by Gasteiger charge is 2.13. The Kier molecular flexibility index (Phi) is 2.72. The first-order valence-corrected chi connectivity index (χ1v) is 6.46. The van der Waals surface area contributed by atoms with E-state index in [1.807, 2.05) is 41.8 Å². The van der Waals surface area contributed by atoms with Crippen LogP contribution in [0.3, 0.4) is 0 Å². The number of halogens is 1. The van der Waals surface area contributed by atoms with Crippen LogP contribution in [0.1, 0.15) is 11.1 Å². The molecule has 0 aliphatic rings. The van der Waals surface area contributed by atoms with Crippen molar-refractivity contribution in [2.45, 2.75) is 13.8 Å². The summed E-state index contributed by atoms with van der Waals surface area (Å²) in [6, 6.07) is 11.8. The van der Waals surface area contributed by atoms with E-state index >= 15 is 0 Å². The molecular weight excluding hydrogens is 258 g/mol. The third-order valence-corrected chi connectivity index (χ3v) is 3.55. The molecule has 1 aromatic heterocycles. The number of aryl methyl sites for hydroxylation is 2. The van der Waals surface area contributed by atoms with E-state index < -0.39 is 0 Å². The lowest BCUT2D eigenvalue weighted by atomic mass is 10.1. The van der Waals surface area contributed by atoms with Gasteiger partial charge in [0.25, 0.3) is 0 Å². The maximum absolute atomic E-state index is 6.10. The van der Waals surface area contributed by atoms with E-state index in [1.165, 1.54) is 0 Å². The molecule has 3 aromatic rings. The van der Waals surface area contributed by atoms with Gasteiger partial charge in [0.05, 0.1) is 16.7 Å². The summed E-state index contributed by atoms with van der Waals surface area (Å²) < 4.78 is 1.96. The van der Waals surface area contributed by atoms with Gasteiger partial charge in [-0.05, 0) is 43.2 Å². The zero-order chi connectivity index (χ0) is 13.6. The highest BCUT2D eigenvalue weighted by atomic mass is 35.5. The van der Waals surface area contributed by atoms with Crippen molar-refractivity contribution in [3.8, 4) is 5.69 Å². The molecule has 0 radical (unpaired) electrons. The maximum atomic E-state index is 6.10. The Hall–Kier alpha value is -2.00. The SMILES string of the molecule is Cc1ccc(Cl)cc1-n1c(N)nc2cccc(C)c21. The highest BCUT2D eigenvalue weighted by Crippen LogP contribution is 2.28. The summed E-state index contributed by atoms with van der Waals surface area (Å²) in [6.45, 7) is 4.09. The van der Waals surface area contributed by atoms with Crippen molar-refractivity contribution in [3.63, 3.8) is 0 Å². The molecule has 4 heteroatoms. The van der Waals surface area contributed by atoms with Crippen LogP contribution in [0.15, 0.2) is 36.4 Å². The fraction of sp³-hybridized carbons (Fsp3) is 0.133. The van der Waals surface area contributed by atoms with Gasteiger partial charge < -0.3 is 5.73 Å². The maximum Gasteiger partial charge on any atom is 0.205 e. The second kappa shape index (κ2) is 4.28. The number of nitrogen functional groups attached to an aromatic ring is 1. The van der Waals surface area contributed by atoms with Gasteiger partial charge in [-0.3, -0.25) is 4.57 Å². The third-order valence-electron chi connectivity index (χ3n) is 3.32. The topological polar surface area (TPSA) is 43.8 Å². The minimum absolute atomic E-state index is 0.481. The van der Waals surface area contributed by atoms with Gasteiger partial charge in [-0.1, -0.05) is 29.8 Å². The predicted octanol–water partition coefficient (Wildman–Crippen LogP) is 3.88. The molecule has 0 atom stereocenters. The monoisotopic (exact) mass is 271 g/mol. The molecule has 0 amide bonds. The molecular formula is C15H14ClN3. The van der Waals surface area contributed by atoms with E-state index in [0.29, 0.717) is 11.0 Å². The highest BCUT2D eigenvalue weighted by molar-refractivity contribution is 6.30. The zero-order valence-corrected chi connectivity index (χ0v) is 11.6. The number of rotatable bonds is 1. The van der Waals surface area contributed by atoms with Crippen LogP contribution in [-0.4, -0.2) is 9.55 Å². The zero-order valence-electron chi connectivity index (χ0n) is 10.8. The standard InChI is InChI=1S/C15H14ClN3/c1-9-6-7-11(16)8-13(9)19-14-10(2)4-3-5-12(14)18-15(19)17/h3-8H,1-2H3,(H2,17,18). The van der Waals surface area contributed by atoms with Crippen molar-refractivity contribution in [3.05, 3.63) is 52.5 Å². The van der Waals surface area contributed by atoms with Crippen molar-refractivity contribution >= 4 is 28.6 Å². The molecule has 2 N–H and O–H groups in total. The minimum atomic E-state index is 0.481. The van der Waals surface area contributed by atoms with Gasteiger partial charge >= 0.3 is 0 Å². The Balaban J connectivity index is 2.42. The summed E-state index contributed by atoms with van der Waals surface area (Å²) in [4.78, 5) is 4.42. The van der Waals surface area contributed by atoms with Gasteiger partial charge in [0.2, 0.25) is 5.95 Å². The number of para-hydroxylation sites is 1. The van der Waals surface area contributed by atoms with Gasteiger partial charge in [0, 0.05) is 5.02 Å². The first-order chi connectivity index (χ1) is 9.08. The number of anilines is 1. The number of imidazole rings is 1. The first kappa shape index (κ1) is 12.1. The van der Waals surface area contributed by atoms with Crippen molar-refractivity contribution in [2.75, 3.05) is 5.73 Å². The van der Waals surface area contributed by atoms with Gasteiger partial charge in [0.15, 0.2) is 0 Å². The van der Waals surface area contributed by atoms with Gasteiger partial charge in [0.1, 0.15) is 0 Å². The van der Waals surface area contributed by atoms with E-state index in [-0.39, 0.29) is 0 Å². The number of hydrogen-bond acceptors (Lipinski definition) is 2. The number of aromatic nitrogens is 2. The lowest BCUT2D eigenvalue weighted by molar-refractivity contribution is 1.08. The van der Waals surface area contributed by atoms with Crippen molar-refractivity contribution in [2.24, 2.45) is 0 Å². The molecule has 0 bridgehead atoms. The molecule has 3 nitrogen and oxygen atoms in total. The van der Waals surface area contributed by atoms with Crippen LogP contribution in [-0.2, 0) is 0 Å². The van der Waals surface area contributed by atoms with Crippen LogP contribution in [0.2, 0.25) is 5.02 Å². The summed E-state index contributed by atoms with van der Waals surface area (Å²) in [5, 5.41) is 0.690. The Bertz CT molecular complexity index is 774. The molecule has 0 saturated heterocycles. The summed E-state index contributed by atoms with van der Waals surface area (Å²) >= 11 is 6.10. The van der Waals surface area contributed by atoms with E-state index in [4.69, 9.17) is 17.3 Å². The molecule has 1 heterocycles. The summed E-state index contributed by atoms with van der Waals surface area (Å²) in [7, 11) is 0. The van der Waals surface area contributed by atoms with E-state index in [9.17, 15) is 0 Å². The Labute approximate surface area is 116 Å². The number of benzene rings is 2. The number of nitrogens with two attached hydrogens (primary N) is 1. The smallest absolute Gasteiger partial charge is 0.205 e. The first-order valence-electron chi connectivity index (χ1n) is 6.08. The van der Waals surface area contributed by atoms with E-state index in [0.717, 1.165) is 27.8 Å². The lowest BCUT2D eigenvalue weighted by Gasteiger charge is -2.11. The van der Waals surface area contributed by atoms with Gasteiger partial charge in [-0.25, -0.2) is 4.98 Å². The number of fused-ring (bicyclic) bond motifs is 1. The Morgan fingerprint density at radius 2 is 1.89 bits per heavy atom. The molecule has 3 rings (SSSR count). The summed E-state index contributed by atoms with van der Waals surface area (Å²) in [5.41, 5.74) is 11.2. The van der Waals surface area contributed by atoms with Crippen molar-refractivity contribution < 1.29 is 0 Å². The second-order valence-corrected chi connectivity index (χ2v) is 5.12. The molecule has 0 unspecified atom stereocenters. The Morgan fingerprint density at radius 1 is 1.11 bits per heavy atom. The second-order valence-electron chi connectivity index (χ2n) is 4.68. The summed E-state index contributed by atoms with van der Waals surface area (Å²) in [6.07, 6.45) is 0. The minimum Gasteiger partial charge on any atom is -0.369 e. The van der Waals surface area contributed by atoms with E-state index in [2.05, 4.69) is 18.0 Å². The fourth-order valence-corrected chi connectivity index (χ4v) is 2.55. The third kappa shape index (κ3) is 1.87. The molecule has 96 valence electrons.